The topological polar surface area (TPSA) is 26.3 Å². The standard InChI is InChI=1S/C16H16O2/c1-11-9-12(2)15(16(17)18-3)14(10-11)13-7-5-4-6-8-13/h4-10H,1-3H3. The van der Waals surface area contributed by atoms with Gasteiger partial charge in [0.2, 0.25) is 0 Å². The largest absolute Gasteiger partial charge is 0.465 e. The number of esters is 1. The molecule has 2 aromatic rings. The Bertz CT molecular complexity index is 571. The van der Waals surface area contributed by atoms with Crippen LogP contribution in [0.25, 0.3) is 11.1 Å². The van der Waals surface area contributed by atoms with Crippen molar-refractivity contribution >= 4 is 5.97 Å². The van der Waals surface area contributed by atoms with Gasteiger partial charge >= 0.3 is 5.97 Å². The Morgan fingerprint density at radius 2 is 1.72 bits per heavy atom. The molecule has 18 heavy (non-hydrogen) atoms. The summed E-state index contributed by atoms with van der Waals surface area (Å²) in [6, 6.07) is 13.9. The number of hydrogen-bond donors (Lipinski definition) is 0. The number of methoxy groups -OCH3 is 1. The second-order valence-electron chi connectivity index (χ2n) is 4.36. The van der Waals surface area contributed by atoms with Crippen molar-refractivity contribution in [1.82, 2.24) is 0 Å². The van der Waals surface area contributed by atoms with E-state index < -0.39 is 0 Å². The van der Waals surface area contributed by atoms with Crippen LogP contribution in [0.5, 0.6) is 0 Å². The number of benzene rings is 2. The summed E-state index contributed by atoms with van der Waals surface area (Å²) in [6.45, 7) is 3.96. The maximum absolute atomic E-state index is 11.9. The average molecular weight is 240 g/mol. The number of rotatable bonds is 2. The van der Waals surface area contributed by atoms with Crippen molar-refractivity contribution < 1.29 is 9.53 Å². The van der Waals surface area contributed by atoms with E-state index in [2.05, 4.69) is 0 Å². The molecular formula is C16H16O2. The van der Waals surface area contributed by atoms with Crippen molar-refractivity contribution in [2.45, 2.75) is 13.8 Å². The predicted molar refractivity (Wildman–Crippen MR) is 72.7 cm³/mol. The molecule has 0 aliphatic rings. The highest BCUT2D eigenvalue weighted by Gasteiger charge is 2.16. The van der Waals surface area contributed by atoms with Gasteiger partial charge in [-0.1, -0.05) is 48.0 Å². The van der Waals surface area contributed by atoms with Gasteiger partial charge in [0.15, 0.2) is 0 Å². The maximum Gasteiger partial charge on any atom is 0.338 e. The molecule has 2 rings (SSSR count). The van der Waals surface area contributed by atoms with E-state index in [9.17, 15) is 4.79 Å². The molecule has 0 bridgehead atoms. The van der Waals surface area contributed by atoms with Gasteiger partial charge in [-0.15, -0.1) is 0 Å². The molecule has 0 aliphatic carbocycles. The van der Waals surface area contributed by atoms with Crippen molar-refractivity contribution in [3.8, 4) is 11.1 Å². The van der Waals surface area contributed by atoms with Gasteiger partial charge in [-0.3, -0.25) is 0 Å². The Morgan fingerprint density at radius 1 is 1.06 bits per heavy atom. The fraction of sp³-hybridized carbons (Fsp3) is 0.188. The molecule has 0 N–H and O–H groups in total. The van der Waals surface area contributed by atoms with Crippen LogP contribution < -0.4 is 0 Å². The lowest BCUT2D eigenvalue weighted by molar-refractivity contribution is 0.0601. The molecule has 0 unspecified atom stereocenters. The number of hydrogen-bond acceptors (Lipinski definition) is 2. The molecule has 0 spiro atoms. The monoisotopic (exact) mass is 240 g/mol. The number of carbonyl (C=O) groups excluding carboxylic acids is 1. The first-order valence-corrected chi connectivity index (χ1v) is 5.88. The van der Waals surface area contributed by atoms with Crippen LogP contribution in [0.2, 0.25) is 0 Å². The number of ether oxygens (including phenoxy) is 1. The third kappa shape index (κ3) is 2.28. The molecule has 0 aromatic heterocycles. The molecule has 2 nitrogen and oxygen atoms in total. The lowest BCUT2D eigenvalue weighted by Crippen LogP contribution is -2.06. The highest BCUT2D eigenvalue weighted by atomic mass is 16.5. The number of carbonyl (C=O) groups is 1. The van der Waals surface area contributed by atoms with Gasteiger partial charge in [-0.2, -0.15) is 0 Å². The Balaban J connectivity index is 2.69. The highest BCUT2D eigenvalue weighted by molar-refractivity contribution is 5.99. The van der Waals surface area contributed by atoms with Crippen LogP contribution in [0, 0.1) is 13.8 Å². The van der Waals surface area contributed by atoms with E-state index in [4.69, 9.17) is 4.74 Å². The van der Waals surface area contributed by atoms with Crippen LogP contribution in [0.4, 0.5) is 0 Å². The zero-order valence-electron chi connectivity index (χ0n) is 10.9. The second-order valence-corrected chi connectivity index (χ2v) is 4.36. The van der Waals surface area contributed by atoms with Gasteiger partial charge in [0.1, 0.15) is 0 Å². The minimum absolute atomic E-state index is 0.286. The molecule has 0 amide bonds. The van der Waals surface area contributed by atoms with Crippen molar-refractivity contribution in [1.29, 1.82) is 0 Å². The summed E-state index contributed by atoms with van der Waals surface area (Å²) in [5.74, 6) is -0.286. The van der Waals surface area contributed by atoms with E-state index in [0.29, 0.717) is 5.56 Å². The molecule has 0 saturated heterocycles. The molecule has 0 aliphatic heterocycles. The zero-order chi connectivity index (χ0) is 13.1. The van der Waals surface area contributed by atoms with Crippen molar-refractivity contribution in [3.63, 3.8) is 0 Å². The summed E-state index contributed by atoms with van der Waals surface area (Å²) in [6.07, 6.45) is 0. The Kier molecular flexibility index (Phi) is 3.47. The van der Waals surface area contributed by atoms with E-state index >= 15 is 0 Å². The van der Waals surface area contributed by atoms with Crippen molar-refractivity contribution in [2.24, 2.45) is 0 Å². The first-order chi connectivity index (χ1) is 8.63. The summed E-state index contributed by atoms with van der Waals surface area (Å²) in [4.78, 5) is 11.9. The maximum atomic E-state index is 11.9. The summed E-state index contributed by atoms with van der Waals surface area (Å²) in [7, 11) is 1.41. The van der Waals surface area contributed by atoms with Crippen molar-refractivity contribution in [2.75, 3.05) is 7.11 Å². The van der Waals surface area contributed by atoms with E-state index in [-0.39, 0.29) is 5.97 Å². The third-order valence-electron chi connectivity index (χ3n) is 2.95. The fourth-order valence-corrected chi connectivity index (χ4v) is 2.19. The summed E-state index contributed by atoms with van der Waals surface area (Å²) >= 11 is 0. The van der Waals surface area contributed by atoms with Crippen LogP contribution in [-0.2, 0) is 4.74 Å². The van der Waals surface area contributed by atoms with Crippen LogP contribution in [-0.4, -0.2) is 13.1 Å². The average Bonchev–Trinajstić information content (AvgIpc) is 2.38. The molecule has 0 fully saturated rings. The minimum Gasteiger partial charge on any atom is -0.465 e. The molecule has 0 radical (unpaired) electrons. The predicted octanol–water partition coefficient (Wildman–Crippen LogP) is 3.76. The number of aryl methyl sites for hydroxylation is 2. The molecule has 0 heterocycles. The smallest absolute Gasteiger partial charge is 0.338 e. The minimum atomic E-state index is -0.286. The Hall–Kier alpha value is -2.09. The molecular weight excluding hydrogens is 224 g/mol. The lowest BCUT2D eigenvalue weighted by atomic mass is 9.94. The summed E-state index contributed by atoms with van der Waals surface area (Å²) in [5.41, 5.74) is 4.69. The van der Waals surface area contributed by atoms with Crippen molar-refractivity contribution in [3.05, 3.63) is 59.2 Å². The van der Waals surface area contributed by atoms with Crippen LogP contribution in [0.15, 0.2) is 42.5 Å². The SMILES string of the molecule is COC(=O)c1c(C)cc(C)cc1-c1ccccc1. The third-order valence-corrected chi connectivity index (χ3v) is 2.95. The van der Waals surface area contributed by atoms with Crippen LogP contribution in [0.1, 0.15) is 21.5 Å². The molecule has 2 aromatic carbocycles. The van der Waals surface area contributed by atoms with E-state index in [1.807, 2.05) is 56.3 Å². The molecule has 0 atom stereocenters. The summed E-state index contributed by atoms with van der Waals surface area (Å²) < 4.78 is 4.88. The van der Waals surface area contributed by atoms with E-state index in [0.717, 1.165) is 22.3 Å². The summed E-state index contributed by atoms with van der Waals surface area (Å²) in [5, 5.41) is 0. The molecule has 0 saturated carbocycles. The first kappa shape index (κ1) is 12.4. The first-order valence-electron chi connectivity index (χ1n) is 5.88. The zero-order valence-corrected chi connectivity index (χ0v) is 10.9. The van der Waals surface area contributed by atoms with Gasteiger partial charge in [0.05, 0.1) is 12.7 Å². The quantitative estimate of drug-likeness (QED) is 0.747. The van der Waals surface area contributed by atoms with Gasteiger partial charge in [0, 0.05) is 0 Å². The lowest BCUT2D eigenvalue weighted by Gasteiger charge is -2.12. The normalized spacial score (nSPS) is 10.2. The second kappa shape index (κ2) is 5.05. The van der Waals surface area contributed by atoms with Gasteiger partial charge in [0.25, 0.3) is 0 Å². The van der Waals surface area contributed by atoms with Crippen LogP contribution >= 0.6 is 0 Å². The molecule has 2 heteroatoms. The van der Waals surface area contributed by atoms with Crippen LogP contribution in [0.3, 0.4) is 0 Å². The van der Waals surface area contributed by atoms with E-state index in [1.54, 1.807) is 0 Å². The van der Waals surface area contributed by atoms with E-state index in [1.165, 1.54) is 7.11 Å². The fourth-order valence-electron chi connectivity index (χ4n) is 2.19. The van der Waals surface area contributed by atoms with Gasteiger partial charge in [-0.05, 0) is 30.5 Å². The Labute approximate surface area is 107 Å². The van der Waals surface area contributed by atoms with Gasteiger partial charge in [-0.25, -0.2) is 4.79 Å². The Morgan fingerprint density at radius 3 is 2.33 bits per heavy atom. The highest BCUT2D eigenvalue weighted by Crippen LogP contribution is 2.28. The van der Waals surface area contributed by atoms with Gasteiger partial charge < -0.3 is 4.74 Å². The molecule has 92 valence electrons.